The van der Waals surface area contributed by atoms with Crippen LogP contribution >= 0.6 is 0 Å². The highest BCUT2D eigenvalue weighted by Crippen LogP contribution is 2.15. The highest BCUT2D eigenvalue weighted by Gasteiger charge is 2.25. The van der Waals surface area contributed by atoms with Crippen LogP contribution in [0.1, 0.15) is 213 Å². The molecule has 8 nitrogen and oxygen atoms in total. The summed E-state index contributed by atoms with van der Waals surface area (Å²) in [5.41, 5.74) is 0. The van der Waals surface area contributed by atoms with E-state index in [9.17, 15) is 19.5 Å². The Bertz CT molecular complexity index is 1120. The predicted molar refractivity (Wildman–Crippen MR) is 250 cm³/mol. The standard InChI is InChI=1S/C52H93NO7/c1-6-8-10-12-14-16-18-20-22-24-25-26-27-29-30-32-34-36-38-40-42-50(54)59-47-48(46-58-45-44-49(52(56)57)53(3,4)5)60-51(55)43-41-39-37-35-33-31-28-23-21-19-17-15-13-11-9-7-2/h8,10,14,16,20,22-23,28,48-49H,6-7,9,11-13,15,17-19,21,24-27,29-47H2,1-5H3/b10-8+,16-14+,22-20+,28-23+. The summed E-state index contributed by atoms with van der Waals surface area (Å²) < 4.78 is 17.2. The number of nitrogens with zero attached hydrogens (tertiary/aromatic N) is 1. The summed E-state index contributed by atoms with van der Waals surface area (Å²) in [4.78, 5) is 37.0. The van der Waals surface area contributed by atoms with E-state index in [4.69, 9.17) is 14.2 Å². The van der Waals surface area contributed by atoms with E-state index in [0.717, 1.165) is 70.6 Å². The monoisotopic (exact) mass is 844 g/mol. The number of ether oxygens (including phenoxy) is 3. The Morgan fingerprint density at radius 3 is 1.40 bits per heavy atom. The number of allylic oxidation sites excluding steroid dienone is 8. The van der Waals surface area contributed by atoms with Crippen LogP contribution < -0.4 is 5.11 Å². The first-order valence-corrected chi connectivity index (χ1v) is 24.7. The van der Waals surface area contributed by atoms with Crippen molar-refractivity contribution in [1.29, 1.82) is 0 Å². The first-order valence-electron chi connectivity index (χ1n) is 24.7. The van der Waals surface area contributed by atoms with Gasteiger partial charge in [0.25, 0.3) is 0 Å². The van der Waals surface area contributed by atoms with Crippen LogP contribution in [-0.4, -0.2) is 75.5 Å². The molecule has 0 bridgehead atoms. The van der Waals surface area contributed by atoms with Gasteiger partial charge in [-0.2, -0.15) is 0 Å². The summed E-state index contributed by atoms with van der Waals surface area (Å²) in [5, 5.41) is 11.6. The van der Waals surface area contributed by atoms with Crippen LogP contribution in [0.15, 0.2) is 48.6 Å². The van der Waals surface area contributed by atoms with E-state index in [0.29, 0.717) is 12.8 Å². The lowest BCUT2D eigenvalue weighted by Crippen LogP contribution is -2.55. The minimum atomic E-state index is -1.13. The maximum absolute atomic E-state index is 12.8. The lowest BCUT2D eigenvalue weighted by molar-refractivity contribution is -0.889. The molecule has 2 atom stereocenters. The van der Waals surface area contributed by atoms with E-state index in [1.165, 1.54) is 109 Å². The number of hydrogen-bond acceptors (Lipinski definition) is 7. The zero-order valence-electron chi connectivity index (χ0n) is 39.6. The van der Waals surface area contributed by atoms with Gasteiger partial charge in [0.1, 0.15) is 12.6 Å². The maximum Gasteiger partial charge on any atom is 0.306 e. The summed E-state index contributed by atoms with van der Waals surface area (Å²) in [7, 11) is 5.41. The van der Waals surface area contributed by atoms with Gasteiger partial charge in [0.15, 0.2) is 6.10 Å². The third kappa shape index (κ3) is 40.7. The molecule has 0 aromatic heterocycles. The van der Waals surface area contributed by atoms with Crippen LogP contribution in [0.4, 0.5) is 0 Å². The Kier molecular flexibility index (Phi) is 41.0. The SMILES string of the molecule is CC/C=C/C/C=C/C/C=C/CCCCCCCCCCCCC(=O)OCC(COCCC(C(=O)[O-])[N+](C)(C)C)OC(=O)CCCCCCC/C=C/CCCCCCCCC. The van der Waals surface area contributed by atoms with Gasteiger partial charge >= 0.3 is 11.9 Å². The Balaban J connectivity index is 4.27. The topological polar surface area (TPSA) is 102 Å². The summed E-state index contributed by atoms with van der Waals surface area (Å²) in [6.07, 6.45) is 51.3. The second-order valence-electron chi connectivity index (χ2n) is 17.7. The molecule has 0 saturated carbocycles. The van der Waals surface area contributed by atoms with Crippen LogP contribution in [0.2, 0.25) is 0 Å². The lowest BCUT2D eigenvalue weighted by atomic mass is 10.1. The van der Waals surface area contributed by atoms with Crippen LogP contribution in [0.25, 0.3) is 0 Å². The molecule has 0 heterocycles. The normalized spacial score (nSPS) is 13.3. The molecule has 0 N–H and O–H groups in total. The van der Waals surface area contributed by atoms with Crippen LogP contribution in [0, 0.1) is 0 Å². The number of carboxylic acids is 1. The van der Waals surface area contributed by atoms with Crippen molar-refractivity contribution in [2.75, 3.05) is 41.0 Å². The molecule has 0 aromatic rings. The number of hydrogen-bond donors (Lipinski definition) is 0. The zero-order valence-corrected chi connectivity index (χ0v) is 39.6. The van der Waals surface area contributed by atoms with Crippen LogP contribution in [0.3, 0.4) is 0 Å². The van der Waals surface area contributed by atoms with Gasteiger partial charge < -0.3 is 28.6 Å². The van der Waals surface area contributed by atoms with Gasteiger partial charge in [-0.05, 0) is 70.6 Å². The second-order valence-corrected chi connectivity index (χ2v) is 17.7. The van der Waals surface area contributed by atoms with Gasteiger partial charge in [-0.25, -0.2) is 0 Å². The molecule has 348 valence electrons. The van der Waals surface area contributed by atoms with E-state index < -0.39 is 18.1 Å². The Morgan fingerprint density at radius 1 is 0.517 bits per heavy atom. The number of rotatable bonds is 44. The minimum absolute atomic E-state index is 0.0366. The quantitative estimate of drug-likeness (QED) is 0.0260. The van der Waals surface area contributed by atoms with Crippen molar-refractivity contribution in [1.82, 2.24) is 0 Å². The van der Waals surface area contributed by atoms with Gasteiger partial charge in [0, 0.05) is 19.3 Å². The molecule has 0 amide bonds. The maximum atomic E-state index is 12.8. The van der Waals surface area contributed by atoms with Crippen molar-refractivity contribution in [2.45, 2.75) is 225 Å². The molecule has 0 rings (SSSR count). The van der Waals surface area contributed by atoms with Crippen LogP contribution in [-0.2, 0) is 28.6 Å². The van der Waals surface area contributed by atoms with E-state index in [1.54, 1.807) is 21.1 Å². The minimum Gasteiger partial charge on any atom is -0.544 e. The molecule has 0 saturated heterocycles. The van der Waals surface area contributed by atoms with Crippen molar-refractivity contribution >= 4 is 17.9 Å². The molecule has 0 aromatic carbocycles. The van der Waals surface area contributed by atoms with E-state index in [2.05, 4.69) is 62.5 Å². The molecule has 2 unspecified atom stereocenters. The second kappa shape index (κ2) is 43.0. The van der Waals surface area contributed by atoms with Gasteiger partial charge in [0.2, 0.25) is 0 Å². The van der Waals surface area contributed by atoms with Gasteiger partial charge in [-0.3, -0.25) is 9.59 Å². The number of aliphatic carboxylic acids is 1. The number of carbonyl (C=O) groups is 3. The number of quaternary nitrogens is 1. The van der Waals surface area contributed by atoms with Gasteiger partial charge in [-0.1, -0.05) is 172 Å². The summed E-state index contributed by atoms with van der Waals surface area (Å²) in [5.74, 6) is -1.75. The fourth-order valence-corrected chi connectivity index (χ4v) is 7.14. The lowest BCUT2D eigenvalue weighted by Gasteiger charge is -2.34. The summed E-state index contributed by atoms with van der Waals surface area (Å²) >= 11 is 0. The van der Waals surface area contributed by atoms with Crippen molar-refractivity contribution in [2.24, 2.45) is 0 Å². The molecule has 0 aliphatic rings. The number of carboxylic acid groups (broad SMARTS) is 1. The fraction of sp³-hybridized carbons (Fsp3) is 0.788. The Hall–Kier alpha value is -2.71. The molecular weight excluding hydrogens is 751 g/mol. The largest absolute Gasteiger partial charge is 0.544 e. The first kappa shape index (κ1) is 57.3. The van der Waals surface area contributed by atoms with Crippen LogP contribution in [0.5, 0.6) is 0 Å². The Labute approximate surface area is 369 Å². The number of likely N-dealkylation sites (N-methyl/N-ethyl adjacent to an activating group) is 1. The molecule has 0 radical (unpaired) electrons. The molecular formula is C52H93NO7. The average Bonchev–Trinajstić information content (AvgIpc) is 3.21. The molecule has 0 aliphatic heterocycles. The molecule has 0 fully saturated rings. The van der Waals surface area contributed by atoms with Gasteiger partial charge in [0.05, 0.1) is 40.3 Å². The molecule has 60 heavy (non-hydrogen) atoms. The summed E-state index contributed by atoms with van der Waals surface area (Å²) in [6.45, 7) is 4.55. The van der Waals surface area contributed by atoms with E-state index >= 15 is 0 Å². The third-order valence-corrected chi connectivity index (χ3v) is 10.9. The first-order chi connectivity index (χ1) is 29.1. The molecule has 8 heteroatoms. The number of carbonyl (C=O) groups excluding carboxylic acids is 3. The number of unbranched alkanes of at least 4 members (excludes halogenated alkanes) is 22. The number of esters is 2. The smallest absolute Gasteiger partial charge is 0.306 e. The Morgan fingerprint density at radius 2 is 0.933 bits per heavy atom. The van der Waals surface area contributed by atoms with Gasteiger partial charge in [-0.15, -0.1) is 0 Å². The highest BCUT2D eigenvalue weighted by molar-refractivity contribution is 5.70. The fourth-order valence-electron chi connectivity index (χ4n) is 7.14. The third-order valence-electron chi connectivity index (χ3n) is 10.9. The average molecular weight is 844 g/mol. The molecule has 0 spiro atoms. The van der Waals surface area contributed by atoms with E-state index in [1.807, 2.05) is 0 Å². The van der Waals surface area contributed by atoms with Crippen molar-refractivity contribution in [3.8, 4) is 0 Å². The van der Waals surface area contributed by atoms with Crippen molar-refractivity contribution in [3.63, 3.8) is 0 Å². The van der Waals surface area contributed by atoms with Crippen molar-refractivity contribution in [3.05, 3.63) is 48.6 Å². The predicted octanol–water partition coefficient (Wildman–Crippen LogP) is 12.6. The summed E-state index contributed by atoms with van der Waals surface area (Å²) in [6, 6.07) is -0.728. The van der Waals surface area contributed by atoms with Crippen molar-refractivity contribution < 1.29 is 38.2 Å². The van der Waals surface area contributed by atoms with E-state index in [-0.39, 0.29) is 42.7 Å². The molecule has 0 aliphatic carbocycles. The highest BCUT2D eigenvalue weighted by atomic mass is 16.6. The zero-order chi connectivity index (χ0) is 44.2.